The largest absolute Gasteiger partial charge is 0.392 e. The molecule has 0 spiro atoms. The van der Waals surface area contributed by atoms with Crippen LogP contribution < -0.4 is 5.32 Å². The lowest BCUT2D eigenvalue weighted by Gasteiger charge is -2.05. The Morgan fingerprint density at radius 3 is 2.67 bits per heavy atom. The minimum Gasteiger partial charge on any atom is -0.392 e. The molecule has 2 aromatic rings. The summed E-state index contributed by atoms with van der Waals surface area (Å²) in [6.07, 6.45) is 0.948. The Labute approximate surface area is 120 Å². The number of benzene rings is 1. The number of nitro benzene ring substituents is 1. The maximum atomic E-state index is 11.7. The fourth-order valence-electron chi connectivity index (χ4n) is 1.65. The summed E-state index contributed by atoms with van der Waals surface area (Å²) in [5.41, 5.74) is 0.796. The molecule has 0 radical (unpaired) electrons. The highest BCUT2D eigenvalue weighted by atomic mass is 16.6. The summed E-state index contributed by atoms with van der Waals surface area (Å²) in [6, 6.07) is 7.35. The van der Waals surface area contributed by atoms with Crippen LogP contribution in [0.3, 0.4) is 0 Å². The summed E-state index contributed by atoms with van der Waals surface area (Å²) in [5, 5.41) is 26.3. The molecule has 0 aliphatic rings. The number of hydrogen-bond acceptors (Lipinski definition) is 5. The zero-order chi connectivity index (χ0) is 15.4. The zero-order valence-electron chi connectivity index (χ0n) is 11.3. The third-order valence-corrected chi connectivity index (χ3v) is 2.70. The lowest BCUT2D eigenvalue weighted by atomic mass is 10.3. The van der Waals surface area contributed by atoms with E-state index >= 15 is 0 Å². The summed E-state index contributed by atoms with van der Waals surface area (Å²) < 4.78 is 1.45. The van der Waals surface area contributed by atoms with Crippen LogP contribution in [0.15, 0.2) is 36.5 Å². The zero-order valence-corrected chi connectivity index (χ0v) is 11.3. The number of amides is 1. The molecule has 0 aliphatic carbocycles. The van der Waals surface area contributed by atoms with Crippen LogP contribution in [-0.2, 0) is 0 Å². The number of aliphatic hydroxyl groups excluding tert-OH is 1. The van der Waals surface area contributed by atoms with Crippen LogP contribution in [0.1, 0.15) is 17.4 Å². The van der Waals surface area contributed by atoms with Gasteiger partial charge in [-0.05, 0) is 25.1 Å². The van der Waals surface area contributed by atoms with Gasteiger partial charge in [-0.1, -0.05) is 0 Å². The highest BCUT2D eigenvalue weighted by Gasteiger charge is 2.11. The van der Waals surface area contributed by atoms with E-state index in [1.807, 2.05) is 0 Å². The van der Waals surface area contributed by atoms with Crippen molar-refractivity contribution in [2.24, 2.45) is 0 Å². The van der Waals surface area contributed by atoms with Gasteiger partial charge >= 0.3 is 0 Å². The molecule has 8 heteroatoms. The van der Waals surface area contributed by atoms with Crippen molar-refractivity contribution in [2.45, 2.75) is 13.0 Å². The van der Waals surface area contributed by atoms with Gasteiger partial charge in [0.2, 0.25) is 0 Å². The summed E-state index contributed by atoms with van der Waals surface area (Å²) in [7, 11) is 0. The predicted octanol–water partition coefficient (Wildman–Crippen LogP) is 0.891. The number of rotatable bonds is 5. The van der Waals surface area contributed by atoms with Gasteiger partial charge in [-0.3, -0.25) is 14.9 Å². The van der Waals surface area contributed by atoms with Crippen molar-refractivity contribution >= 4 is 11.6 Å². The first-order chi connectivity index (χ1) is 9.97. The van der Waals surface area contributed by atoms with Crippen LogP contribution in [0.25, 0.3) is 5.69 Å². The van der Waals surface area contributed by atoms with E-state index in [1.165, 1.54) is 22.9 Å². The molecular formula is C13H14N4O4. The number of nitrogens with one attached hydrogen (secondary N) is 1. The van der Waals surface area contributed by atoms with Gasteiger partial charge in [0.15, 0.2) is 5.69 Å². The van der Waals surface area contributed by atoms with Gasteiger partial charge in [-0.2, -0.15) is 5.10 Å². The Morgan fingerprint density at radius 1 is 1.43 bits per heavy atom. The predicted molar refractivity (Wildman–Crippen MR) is 74.2 cm³/mol. The van der Waals surface area contributed by atoms with E-state index in [0.717, 1.165) is 0 Å². The third-order valence-electron chi connectivity index (χ3n) is 2.70. The fourth-order valence-corrected chi connectivity index (χ4v) is 1.65. The molecular weight excluding hydrogens is 276 g/mol. The molecule has 21 heavy (non-hydrogen) atoms. The Hall–Kier alpha value is -2.74. The van der Waals surface area contributed by atoms with Gasteiger partial charge < -0.3 is 10.4 Å². The summed E-state index contributed by atoms with van der Waals surface area (Å²) >= 11 is 0. The van der Waals surface area contributed by atoms with Gasteiger partial charge in [0.1, 0.15) is 0 Å². The van der Waals surface area contributed by atoms with Crippen LogP contribution in [0.4, 0.5) is 5.69 Å². The van der Waals surface area contributed by atoms with E-state index < -0.39 is 16.9 Å². The lowest BCUT2D eigenvalue weighted by Crippen LogP contribution is -2.30. The highest BCUT2D eigenvalue weighted by molar-refractivity contribution is 5.92. The van der Waals surface area contributed by atoms with Crippen molar-refractivity contribution < 1.29 is 14.8 Å². The molecule has 110 valence electrons. The van der Waals surface area contributed by atoms with E-state index in [4.69, 9.17) is 5.11 Å². The van der Waals surface area contributed by atoms with Crippen molar-refractivity contribution in [3.8, 4) is 5.69 Å². The van der Waals surface area contributed by atoms with Crippen LogP contribution in [0.5, 0.6) is 0 Å². The number of carbonyl (C=O) groups excluding carboxylic acids is 1. The van der Waals surface area contributed by atoms with E-state index in [2.05, 4.69) is 10.4 Å². The Bertz CT molecular complexity index is 648. The van der Waals surface area contributed by atoms with Gasteiger partial charge in [0, 0.05) is 24.9 Å². The standard InChI is InChI=1S/C13H14N4O4/c1-9(18)8-14-13(19)12-6-7-16(15-12)10-2-4-11(5-3-10)17(20)21/h2-7,9,18H,8H2,1H3,(H,14,19)/t9-/m1/s1. The fraction of sp³-hybridized carbons (Fsp3) is 0.231. The van der Waals surface area contributed by atoms with Gasteiger partial charge in [0.05, 0.1) is 16.7 Å². The third kappa shape index (κ3) is 3.63. The molecule has 0 fully saturated rings. The van der Waals surface area contributed by atoms with Crippen LogP contribution >= 0.6 is 0 Å². The quantitative estimate of drug-likeness (QED) is 0.627. The minimum absolute atomic E-state index is 0.0131. The van der Waals surface area contributed by atoms with Gasteiger partial charge in [-0.15, -0.1) is 0 Å². The van der Waals surface area contributed by atoms with Gasteiger partial charge in [0.25, 0.3) is 11.6 Å². The normalized spacial score (nSPS) is 11.9. The minimum atomic E-state index is -0.634. The molecule has 8 nitrogen and oxygen atoms in total. The van der Waals surface area contributed by atoms with E-state index in [1.54, 1.807) is 25.3 Å². The Balaban J connectivity index is 2.12. The van der Waals surface area contributed by atoms with Gasteiger partial charge in [-0.25, -0.2) is 4.68 Å². The van der Waals surface area contributed by atoms with Crippen molar-refractivity contribution in [1.82, 2.24) is 15.1 Å². The summed E-state index contributed by atoms with van der Waals surface area (Å²) in [5.74, 6) is -0.392. The molecule has 0 aliphatic heterocycles. The number of hydrogen-bond donors (Lipinski definition) is 2. The first kappa shape index (κ1) is 14.7. The summed E-state index contributed by atoms with van der Waals surface area (Å²) in [6.45, 7) is 1.71. The lowest BCUT2D eigenvalue weighted by molar-refractivity contribution is -0.384. The highest BCUT2D eigenvalue weighted by Crippen LogP contribution is 2.14. The van der Waals surface area contributed by atoms with Crippen molar-refractivity contribution in [1.29, 1.82) is 0 Å². The van der Waals surface area contributed by atoms with Crippen molar-refractivity contribution in [3.63, 3.8) is 0 Å². The molecule has 0 saturated heterocycles. The smallest absolute Gasteiger partial charge is 0.271 e. The number of carbonyl (C=O) groups is 1. The van der Waals surface area contributed by atoms with E-state index in [-0.39, 0.29) is 17.9 Å². The molecule has 0 unspecified atom stereocenters. The second-order valence-corrected chi connectivity index (χ2v) is 4.48. The molecule has 1 aromatic heterocycles. The first-order valence-corrected chi connectivity index (χ1v) is 6.24. The maximum absolute atomic E-state index is 11.7. The van der Waals surface area contributed by atoms with Crippen LogP contribution in [0, 0.1) is 10.1 Å². The second kappa shape index (κ2) is 6.14. The first-order valence-electron chi connectivity index (χ1n) is 6.24. The number of aromatic nitrogens is 2. The molecule has 1 heterocycles. The number of nitro groups is 1. The molecule has 1 aromatic carbocycles. The molecule has 1 atom stereocenters. The summed E-state index contributed by atoms with van der Waals surface area (Å²) in [4.78, 5) is 21.8. The maximum Gasteiger partial charge on any atom is 0.271 e. The second-order valence-electron chi connectivity index (χ2n) is 4.48. The molecule has 0 bridgehead atoms. The average molecular weight is 290 g/mol. The topological polar surface area (TPSA) is 110 Å². The van der Waals surface area contributed by atoms with E-state index in [9.17, 15) is 14.9 Å². The van der Waals surface area contributed by atoms with Crippen LogP contribution in [-0.4, -0.2) is 38.4 Å². The van der Waals surface area contributed by atoms with E-state index in [0.29, 0.717) is 5.69 Å². The molecule has 1 amide bonds. The SMILES string of the molecule is C[C@@H](O)CNC(=O)c1ccn(-c2ccc([N+](=O)[O-])cc2)n1. The van der Waals surface area contributed by atoms with Crippen LogP contribution in [0.2, 0.25) is 0 Å². The Kier molecular flexibility index (Phi) is 4.29. The Morgan fingerprint density at radius 2 is 2.10 bits per heavy atom. The number of non-ortho nitro benzene ring substituents is 1. The average Bonchev–Trinajstić information content (AvgIpc) is 2.94. The monoisotopic (exact) mass is 290 g/mol. The number of nitrogens with zero attached hydrogens (tertiary/aromatic N) is 3. The number of aliphatic hydroxyl groups is 1. The van der Waals surface area contributed by atoms with Crippen molar-refractivity contribution in [2.75, 3.05) is 6.54 Å². The molecule has 2 N–H and O–H groups in total. The van der Waals surface area contributed by atoms with Crippen molar-refractivity contribution in [3.05, 3.63) is 52.3 Å². The molecule has 0 saturated carbocycles. The molecule has 2 rings (SSSR count).